The van der Waals surface area contributed by atoms with Crippen molar-refractivity contribution in [2.75, 3.05) is 4.90 Å². The summed E-state index contributed by atoms with van der Waals surface area (Å²) in [4.78, 5) is 7.40. The molecule has 0 aromatic heterocycles. The van der Waals surface area contributed by atoms with Gasteiger partial charge in [-0.15, -0.1) is 5.69 Å². The summed E-state index contributed by atoms with van der Waals surface area (Å²) in [5.41, 5.74) is 13.2. The van der Waals surface area contributed by atoms with Crippen molar-refractivity contribution >= 4 is 40.5 Å². The molecule has 0 radical (unpaired) electrons. The third kappa shape index (κ3) is 4.48. The van der Waals surface area contributed by atoms with Gasteiger partial charge in [-0.25, -0.2) is 9.66 Å². The minimum Gasteiger partial charge on any atom is -0.668 e. The molecule has 3 aliphatic rings. The van der Waals surface area contributed by atoms with Crippen LogP contribution in [-0.4, -0.2) is 17.9 Å². The highest BCUT2D eigenvalue weighted by Gasteiger charge is 2.42. The molecule has 0 bridgehead atoms. The fourth-order valence-corrected chi connectivity index (χ4v) is 6.60. The zero-order chi connectivity index (χ0) is 30.5. The first-order valence-electron chi connectivity index (χ1n) is 15.6. The number of anilines is 1. The van der Waals surface area contributed by atoms with E-state index in [2.05, 4.69) is 157 Å². The van der Waals surface area contributed by atoms with Gasteiger partial charge in [0.05, 0.1) is 11.8 Å². The van der Waals surface area contributed by atoms with Crippen LogP contribution < -0.4 is 9.57 Å². The van der Waals surface area contributed by atoms with Crippen molar-refractivity contribution in [1.29, 1.82) is 0 Å². The Morgan fingerprint density at radius 1 is 0.543 bits per heavy atom. The van der Waals surface area contributed by atoms with Gasteiger partial charge in [-0.05, 0) is 80.9 Å². The molecular formula is C42H28N4. The molecule has 0 spiro atoms. The summed E-state index contributed by atoms with van der Waals surface area (Å²) in [5.74, 6) is 1.74. The lowest BCUT2D eigenvalue weighted by Crippen LogP contribution is -2.35. The van der Waals surface area contributed by atoms with Gasteiger partial charge in [-0.3, -0.25) is 0 Å². The predicted molar refractivity (Wildman–Crippen MR) is 192 cm³/mol. The molecule has 0 amide bonds. The van der Waals surface area contributed by atoms with E-state index in [9.17, 15) is 0 Å². The van der Waals surface area contributed by atoms with Gasteiger partial charge in [0, 0.05) is 5.57 Å². The summed E-state index contributed by atoms with van der Waals surface area (Å²) in [5, 5.41) is 5.34. The molecule has 1 atom stereocenters. The molecule has 9 rings (SSSR count). The van der Waals surface area contributed by atoms with Crippen molar-refractivity contribution in [1.82, 2.24) is 4.67 Å². The van der Waals surface area contributed by atoms with Gasteiger partial charge in [0.25, 0.3) is 0 Å². The number of benzene rings is 6. The molecule has 3 aliphatic heterocycles. The SMILES string of the molecule is C1=[N+]=C(N2C3=Nc4ccc(-c5cc(-c6ccccc6)cc(-c6ccccc6)c5)cc4[N-]C3c3ccccc32)C=C1c1ccccc1. The Balaban J connectivity index is 1.12. The Labute approximate surface area is 268 Å². The number of nitrogens with zero attached hydrogens (tertiary/aromatic N) is 4. The van der Waals surface area contributed by atoms with Crippen LogP contribution in [0, 0.1) is 0 Å². The van der Waals surface area contributed by atoms with E-state index in [0.29, 0.717) is 0 Å². The summed E-state index contributed by atoms with van der Waals surface area (Å²) in [6.07, 6.45) is 4.08. The van der Waals surface area contributed by atoms with E-state index in [-0.39, 0.29) is 6.04 Å². The molecule has 0 saturated carbocycles. The number of allylic oxidation sites excluding steroid dienone is 1. The Bertz CT molecular complexity index is 2200. The molecule has 0 aliphatic carbocycles. The Morgan fingerprint density at radius 2 is 1.13 bits per heavy atom. The molecule has 6 aromatic carbocycles. The predicted octanol–water partition coefficient (Wildman–Crippen LogP) is 9.93. The number of hydrogen-bond acceptors (Lipinski definition) is 2. The van der Waals surface area contributed by atoms with Gasteiger partial charge in [0.1, 0.15) is 5.69 Å². The van der Waals surface area contributed by atoms with Crippen molar-refractivity contribution < 1.29 is 0 Å². The van der Waals surface area contributed by atoms with Crippen LogP contribution >= 0.6 is 0 Å². The largest absolute Gasteiger partial charge is 0.668 e. The van der Waals surface area contributed by atoms with Crippen LogP contribution in [0.3, 0.4) is 0 Å². The molecular weight excluding hydrogens is 560 g/mol. The highest BCUT2D eigenvalue weighted by atomic mass is 15.3. The fraction of sp³-hybridized carbons (Fsp3) is 0.0238. The van der Waals surface area contributed by atoms with E-state index in [1.165, 1.54) is 22.3 Å². The Hall–Kier alpha value is -6.22. The van der Waals surface area contributed by atoms with Gasteiger partial charge in [-0.1, -0.05) is 121 Å². The summed E-state index contributed by atoms with van der Waals surface area (Å²) >= 11 is 0. The second-order valence-electron chi connectivity index (χ2n) is 11.7. The number of rotatable bonds is 4. The summed E-state index contributed by atoms with van der Waals surface area (Å²) in [6.45, 7) is 0. The standard InChI is InChI=1S/C42H28N4/c1-4-12-28(13-5-1)32-22-33(29-14-6-2-7-15-29)24-34(23-32)31-20-21-37-38(25-31)44-41-36-18-10-11-19-39(36)46(42(41)45-37)40-26-35(27-43-40)30-16-8-3-9-17-30/h1-27,41H. The van der Waals surface area contributed by atoms with Crippen LogP contribution in [0.2, 0.25) is 0 Å². The minimum atomic E-state index is -0.202. The Morgan fingerprint density at radius 3 is 1.80 bits per heavy atom. The Kier molecular flexibility index (Phi) is 6.12. The molecule has 46 heavy (non-hydrogen) atoms. The van der Waals surface area contributed by atoms with Gasteiger partial charge >= 0.3 is 5.84 Å². The summed E-state index contributed by atoms with van der Waals surface area (Å²) in [7, 11) is 0. The van der Waals surface area contributed by atoms with E-state index in [1.54, 1.807) is 0 Å². The van der Waals surface area contributed by atoms with E-state index < -0.39 is 0 Å². The van der Waals surface area contributed by atoms with Crippen molar-refractivity contribution in [2.24, 2.45) is 4.99 Å². The highest BCUT2D eigenvalue weighted by Crippen LogP contribution is 2.52. The first-order valence-corrected chi connectivity index (χ1v) is 15.6. The maximum absolute atomic E-state index is 5.34. The first kappa shape index (κ1) is 26.2. The lowest BCUT2D eigenvalue weighted by atomic mass is 9.93. The molecule has 0 saturated heterocycles. The number of aliphatic imine (C=N–C) groups is 1. The van der Waals surface area contributed by atoms with Gasteiger partial charge < -0.3 is 5.32 Å². The quantitative estimate of drug-likeness (QED) is 0.189. The lowest BCUT2D eigenvalue weighted by molar-refractivity contribution is 1.10. The van der Waals surface area contributed by atoms with Crippen LogP contribution in [0.4, 0.5) is 17.1 Å². The molecule has 6 aromatic rings. The van der Waals surface area contributed by atoms with Gasteiger partial charge in [-0.2, -0.15) is 4.90 Å². The van der Waals surface area contributed by atoms with Crippen LogP contribution in [0.25, 0.3) is 44.3 Å². The average Bonchev–Trinajstić information content (AvgIpc) is 3.74. The number of fused-ring (bicyclic) bond motifs is 4. The molecule has 0 N–H and O–H groups in total. The van der Waals surface area contributed by atoms with Crippen molar-refractivity contribution in [2.45, 2.75) is 6.04 Å². The third-order valence-corrected chi connectivity index (χ3v) is 8.86. The normalized spacial score (nSPS) is 15.7. The second-order valence-corrected chi connectivity index (χ2v) is 11.7. The van der Waals surface area contributed by atoms with E-state index in [1.807, 2.05) is 12.3 Å². The smallest absolute Gasteiger partial charge is 0.381 e. The summed E-state index contributed by atoms with van der Waals surface area (Å²) < 4.78 is 4.84. The van der Waals surface area contributed by atoms with E-state index in [4.69, 9.17) is 15.0 Å². The minimum absolute atomic E-state index is 0.202. The van der Waals surface area contributed by atoms with E-state index >= 15 is 0 Å². The number of amidine groups is 2. The fourth-order valence-electron chi connectivity index (χ4n) is 6.60. The first-order chi connectivity index (χ1) is 22.8. The topological polar surface area (TPSA) is 43.8 Å². The molecule has 1 unspecified atom stereocenters. The highest BCUT2D eigenvalue weighted by molar-refractivity contribution is 6.35. The van der Waals surface area contributed by atoms with Crippen LogP contribution in [-0.2, 0) is 0 Å². The second kappa shape index (κ2) is 10.7. The van der Waals surface area contributed by atoms with Gasteiger partial charge in [0.2, 0.25) is 0 Å². The van der Waals surface area contributed by atoms with Crippen LogP contribution in [0.5, 0.6) is 0 Å². The maximum Gasteiger partial charge on any atom is 0.381 e. The zero-order valence-corrected chi connectivity index (χ0v) is 25.0. The van der Waals surface area contributed by atoms with Crippen molar-refractivity contribution in [3.05, 3.63) is 174 Å². The molecule has 216 valence electrons. The van der Waals surface area contributed by atoms with Crippen molar-refractivity contribution in [3.63, 3.8) is 0 Å². The molecule has 4 heteroatoms. The van der Waals surface area contributed by atoms with Gasteiger partial charge in [0.15, 0.2) is 12.1 Å². The molecule has 4 nitrogen and oxygen atoms in total. The number of para-hydroxylation sites is 1. The molecule has 3 heterocycles. The van der Waals surface area contributed by atoms with E-state index in [0.717, 1.165) is 56.6 Å². The summed E-state index contributed by atoms with van der Waals surface area (Å²) in [6, 6.07) is 53.0. The van der Waals surface area contributed by atoms with Crippen LogP contribution in [0.15, 0.2) is 163 Å². The average molecular weight is 589 g/mol. The number of hydrogen-bond donors (Lipinski definition) is 0. The zero-order valence-electron chi connectivity index (χ0n) is 25.0. The van der Waals surface area contributed by atoms with Crippen LogP contribution in [0.1, 0.15) is 17.2 Å². The maximum atomic E-state index is 5.34. The van der Waals surface area contributed by atoms with Crippen molar-refractivity contribution in [3.8, 4) is 33.4 Å². The monoisotopic (exact) mass is 588 g/mol. The molecule has 0 fully saturated rings. The third-order valence-electron chi connectivity index (χ3n) is 8.86. The lowest BCUT2D eigenvalue weighted by Gasteiger charge is -2.34.